The molecule has 0 N–H and O–H groups in total. The van der Waals surface area contributed by atoms with E-state index in [-0.39, 0.29) is 29.7 Å². The summed E-state index contributed by atoms with van der Waals surface area (Å²) in [5.41, 5.74) is 1.57. The molecule has 2 aromatic rings. The quantitative estimate of drug-likeness (QED) is 0.340. The van der Waals surface area contributed by atoms with Crippen molar-refractivity contribution in [2.45, 2.75) is 70.9 Å². The van der Waals surface area contributed by atoms with E-state index in [2.05, 4.69) is 24.5 Å². The van der Waals surface area contributed by atoms with Crippen LogP contribution in [0.25, 0.3) is 0 Å². The molecule has 5 heteroatoms. The van der Waals surface area contributed by atoms with Crippen LogP contribution >= 0.6 is 23.2 Å². The Morgan fingerprint density at radius 1 is 1.18 bits per heavy atom. The Balaban J connectivity index is 2.20. The largest absolute Gasteiger partial charge is 0.332 e. The van der Waals surface area contributed by atoms with Gasteiger partial charge in [0.05, 0.1) is 11.5 Å². The van der Waals surface area contributed by atoms with Crippen LogP contribution in [0.15, 0.2) is 61.2 Å². The van der Waals surface area contributed by atoms with Crippen molar-refractivity contribution in [2.75, 3.05) is 0 Å². The number of amides is 1. The molecule has 1 saturated heterocycles. The van der Waals surface area contributed by atoms with Crippen LogP contribution in [-0.2, 0) is 9.59 Å². The van der Waals surface area contributed by atoms with E-state index in [9.17, 15) is 9.59 Å². The minimum absolute atomic E-state index is 0.0407. The van der Waals surface area contributed by atoms with Crippen LogP contribution < -0.4 is 0 Å². The molecule has 1 heterocycles. The second kappa shape index (κ2) is 10.9. The van der Waals surface area contributed by atoms with E-state index in [0.717, 1.165) is 17.5 Å². The molecule has 0 aliphatic carbocycles. The Labute approximate surface area is 207 Å². The molecule has 1 aliphatic rings. The molecule has 1 fully saturated rings. The van der Waals surface area contributed by atoms with Crippen molar-refractivity contribution in [1.82, 2.24) is 4.90 Å². The van der Waals surface area contributed by atoms with Crippen LogP contribution in [0.1, 0.15) is 76.0 Å². The zero-order valence-corrected chi connectivity index (χ0v) is 21.2. The predicted molar refractivity (Wildman–Crippen MR) is 137 cm³/mol. The van der Waals surface area contributed by atoms with Gasteiger partial charge in [-0.25, -0.2) is 0 Å². The number of rotatable bonds is 9. The Kier molecular flexibility index (Phi) is 8.42. The summed E-state index contributed by atoms with van der Waals surface area (Å²) in [5, 5.41) is 1.34. The molecule has 1 aliphatic heterocycles. The summed E-state index contributed by atoms with van der Waals surface area (Å²) in [6.07, 6.45) is 4.99. The van der Waals surface area contributed by atoms with Gasteiger partial charge in [-0.2, -0.15) is 0 Å². The van der Waals surface area contributed by atoms with Gasteiger partial charge in [-0.05, 0) is 68.0 Å². The third-order valence-corrected chi connectivity index (χ3v) is 7.37. The maximum Gasteiger partial charge on any atom is 0.229 e. The first kappa shape index (κ1) is 25.5. The van der Waals surface area contributed by atoms with Crippen molar-refractivity contribution in [2.24, 2.45) is 5.41 Å². The number of Topliss-reactive ketones (excluding diaryl/α,β-unsaturated/α-hetero) is 1. The lowest BCUT2D eigenvalue weighted by Gasteiger charge is -2.52. The summed E-state index contributed by atoms with van der Waals surface area (Å²) >= 11 is 12.6. The minimum atomic E-state index is -0.582. The Bertz CT molecular complexity index is 1000. The van der Waals surface area contributed by atoms with Crippen molar-refractivity contribution >= 4 is 34.9 Å². The lowest BCUT2D eigenvalue weighted by atomic mass is 9.67. The first-order valence-electron chi connectivity index (χ1n) is 11.6. The number of nitrogens with zero attached hydrogens (tertiary/aromatic N) is 1. The van der Waals surface area contributed by atoms with Crippen LogP contribution in [0.5, 0.6) is 0 Å². The van der Waals surface area contributed by atoms with E-state index in [1.807, 2.05) is 55.5 Å². The highest BCUT2D eigenvalue weighted by atomic mass is 35.5. The predicted octanol–water partition coefficient (Wildman–Crippen LogP) is 7.78. The molecule has 0 spiro atoms. The summed E-state index contributed by atoms with van der Waals surface area (Å²) in [6.45, 7) is 9.67. The van der Waals surface area contributed by atoms with Crippen molar-refractivity contribution in [3.8, 4) is 0 Å². The second-order valence-corrected chi connectivity index (χ2v) is 10.3. The van der Waals surface area contributed by atoms with Gasteiger partial charge in [-0.1, -0.05) is 67.4 Å². The number of likely N-dealkylation sites (tertiary alicyclic amines) is 1. The van der Waals surface area contributed by atoms with Gasteiger partial charge in [0.25, 0.3) is 0 Å². The lowest BCUT2D eigenvalue weighted by Crippen LogP contribution is -2.55. The Morgan fingerprint density at radius 2 is 1.88 bits per heavy atom. The normalized spacial score (nSPS) is 23.9. The molecular weight excluding hydrogens is 453 g/mol. The van der Waals surface area contributed by atoms with E-state index in [1.54, 1.807) is 6.92 Å². The molecule has 0 saturated carbocycles. The van der Waals surface area contributed by atoms with Gasteiger partial charge in [0, 0.05) is 28.4 Å². The molecule has 176 valence electrons. The number of allylic oxidation sites excluding steroid dienone is 1. The number of ketones is 1. The van der Waals surface area contributed by atoms with E-state index in [4.69, 9.17) is 23.2 Å². The molecule has 0 radical (unpaired) electrons. The van der Waals surface area contributed by atoms with Crippen LogP contribution in [-0.4, -0.2) is 22.6 Å². The molecule has 33 heavy (non-hydrogen) atoms. The van der Waals surface area contributed by atoms with Gasteiger partial charge in [0.2, 0.25) is 5.91 Å². The van der Waals surface area contributed by atoms with Gasteiger partial charge >= 0.3 is 0 Å². The molecule has 3 rings (SSSR count). The van der Waals surface area contributed by atoms with E-state index in [0.29, 0.717) is 35.7 Å². The summed E-state index contributed by atoms with van der Waals surface area (Å²) < 4.78 is 0. The molecule has 1 amide bonds. The van der Waals surface area contributed by atoms with Crippen molar-refractivity contribution in [3.05, 3.63) is 82.4 Å². The van der Waals surface area contributed by atoms with Gasteiger partial charge in [-0.3, -0.25) is 4.79 Å². The fourth-order valence-corrected chi connectivity index (χ4v) is 5.52. The molecule has 1 unspecified atom stereocenters. The van der Waals surface area contributed by atoms with Gasteiger partial charge in [0.1, 0.15) is 5.78 Å². The van der Waals surface area contributed by atoms with Crippen molar-refractivity contribution in [1.29, 1.82) is 0 Å². The Morgan fingerprint density at radius 3 is 2.45 bits per heavy atom. The van der Waals surface area contributed by atoms with Crippen LogP contribution in [0.2, 0.25) is 10.0 Å². The number of carbonyl (C=O) groups is 2. The van der Waals surface area contributed by atoms with Gasteiger partial charge < -0.3 is 9.69 Å². The zero-order valence-electron chi connectivity index (χ0n) is 19.7. The van der Waals surface area contributed by atoms with E-state index >= 15 is 0 Å². The summed E-state index contributed by atoms with van der Waals surface area (Å²) in [4.78, 5) is 28.0. The third kappa shape index (κ3) is 5.70. The summed E-state index contributed by atoms with van der Waals surface area (Å²) in [7, 11) is 0. The second-order valence-electron chi connectivity index (χ2n) is 9.43. The maximum atomic E-state index is 14.1. The molecule has 2 aromatic carbocycles. The van der Waals surface area contributed by atoms with Crippen LogP contribution in [0, 0.1) is 5.41 Å². The number of hydrogen-bond donors (Lipinski definition) is 0. The molecule has 3 nitrogen and oxygen atoms in total. The highest BCUT2D eigenvalue weighted by molar-refractivity contribution is 6.30. The molecule has 0 aromatic heterocycles. The first-order valence-corrected chi connectivity index (χ1v) is 12.4. The number of benzene rings is 2. The Hall–Kier alpha value is -2.10. The molecule has 0 bridgehead atoms. The number of carbonyl (C=O) groups excluding carboxylic acids is 2. The monoisotopic (exact) mass is 485 g/mol. The number of piperidine rings is 1. The smallest absolute Gasteiger partial charge is 0.229 e. The SMILES string of the molecule is C=CC[C@@]1(C)CC(c2cccc(Cl)c2)[C@@H](c2ccc(Cl)cc2)N([C@@H](CC)CCC(C)=O)C1=O. The molecular formula is C28H33Cl2NO2. The number of halogens is 2. The van der Waals surface area contributed by atoms with E-state index in [1.165, 1.54) is 0 Å². The lowest BCUT2D eigenvalue weighted by molar-refractivity contribution is -0.155. The third-order valence-electron chi connectivity index (χ3n) is 6.88. The topological polar surface area (TPSA) is 37.4 Å². The zero-order chi connectivity index (χ0) is 24.2. The average Bonchev–Trinajstić information content (AvgIpc) is 2.77. The van der Waals surface area contributed by atoms with Crippen molar-refractivity contribution < 1.29 is 9.59 Å². The van der Waals surface area contributed by atoms with Crippen LogP contribution in [0.3, 0.4) is 0 Å². The van der Waals surface area contributed by atoms with Gasteiger partial charge in [-0.15, -0.1) is 6.58 Å². The fourth-order valence-electron chi connectivity index (χ4n) is 5.20. The standard InChI is InChI=1S/C28H33Cl2NO2/c1-5-16-28(4)18-25(21-8-7-9-23(30)17-21)26(20-11-13-22(29)14-12-20)31(27(28)33)24(6-2)15-10-19(3)32/h5,7-9,11-14,17,24-26H,1,6,10,15-16,18H2,2-4H3/t24-,25?,26+,28-/m0/s1. The average molecular weight is 486 g/mol. The summed E-state index contributed by atoms with van der Waals surface area (Å²) in [6, 6.07) is 15.5. The fraction of sp³-hybridized carbons (Fsp3) is 0.429. The highest BCUT2D eigenvalue weighted by Gasteiger charge is 2.50. The van der Waals surface area contributed by atoms with E-state index < -0.39 is 5.41 Å². The molecule has 4 atom stereocenters. The van der Waals surface area contributed by atoms with Crippen LogP contribution in [0.4, 0.5) is 0 Å². The highest BCUT2D eigenvalue weighted by Crippen LogP contribution is 2.52. The maximum absolute atomic E-state index is 14.1. The van der Waals surface area contributed by atoms with Gasteiger partial charge in [0.15, 0.2) is 0 Å². The number of hydrogen-bond acceptors (Lipinski definition) is 2. The minimum Gasteiger partial charge on any atom is -0.332 e. The first-order chi connectivity index (χ1) is 15.7. The summed E-state index contributed by atoms with van der Waals surface area (Å²) in [5.74, 6) is 0.302. The van der Waals surface area contributed by atoms with Crippen molar-refractivity contribution in [3.63, 3.8) is 0 Å².